The van der Waals surface area contributed by atoms with Gasteiger partial charge in [-0.3, -0.25) is 9.05 Å². The molecule has 0 aromatic heterocycles. The lowest BCUT2D eigenvalue weighted by molar-refractivity contribution is 0.118. The van der Waals surface area contributed by atoms with Crippen LogP contribution in [0.5, 0.6) is 0 Å². The predicted molar refractivity (Wildman–Crippen MR) is 54.9 cm³/mol. The molecular weight excluding hydrogens is 211 g/mol. The molecule has 78 valence electrons. The molecule has 0 aliphatic carbocycles. The lowest BCUT2D eigenvalue weighted by atomic mass is 10.2. The van der Waals surface area contributed by atoms with Crippen molar-refractivity contribution in [3.63, 3.8) is 0 Å². The molecule has 0 radical (unpaired) electrons. The highest BCUT2D eigenvalue weighted by Gasteiger charge is 2.23. The smallest absolute Gasteiger partial charge is 0.302 e. The first kappa shape index (κ1) is 13.2. The predicted octanol–water partition coefficient (Wildman–Crippen LogP) is 2.31. The van der Waals surface area contributed by atoms with Gasteiger partial charge in [-0.05, 0) is 13.3 Å². The quantitative estimate of drug-likeness (QED) is 0.533. The average molecular weight is 226 g/mol. The molecule has 4 nitrogen and oxygen atoms in total. The molecule has 0 saturated carbocycles. The van der Waals surface area contributed by atoms with E-state index in [1.54, 1.807) is 6.92 Å². The van der Waals surface area contributed by atoms with Gasteiger partial charge in [0.05, 0.1) is 12.7 Å². The van der Waals surface area contributed by atoms with Gasteiger partial charge >= 0.3 is 7.82 Å². The standard InChI is InChI=1S/C7H15O4PS/c1-3-4-7(2)11-12(8,9)10-5-6-13/h6-7H,3-5H2,1-2H3,(H,8,9). The molecule has 1 N–H and O–H groups in total. The number of phosphoric ester groups is 1. The second kappa shape index (κ2) is 6.62. The van der Waals surface area contributed by atoms with Crippen LogP contribution in [0.15, 0.2) is 0 Å². The molecule has 0 aromatic carbocycles. The van der Waals surface area contributed by atoms with Gasteiger partial charge in [0, 0.05) is 5.37 Å². The Morgan fingerprint density at radius 2 is 2.31 bits per heavy atom. The van der Waals surface area contributed by atoms with E-state index in [1.165, 1.54) is 5.37 Å². The first-order valence-corrected chi connectivity index (χ1v) is 6.08. The average Bonchev–Trinajstić information content (AvgIpc) is 2.00. The third-order valence-electron chi connectivity index (χ3n) is 1.31. The third-order valence-corrected chi connectivity index (χ3v) is 2.55. The van der Waals surface area contributed by atoms with Crippen molar-refractivity contribution in [3.8, 4) is 0 Å². The molecule has 0 aromatic rings. The van der Waals surface area contributed by atoms with Gasteiger partial charge in [0.15, 0.2) is 0 Å². The maximum atomic E-state index is 11.1. The van der Waals surface area contributed by atoms with Crippen molar-refractivity contribution < 1.29 is 18.5 Å². The molecule has 0 fully saturated rings. The van der Waals surface area contributed by atoms with Crippen LogP contribution in [-0.4, -0.2) is 23.0 Å². The first-order chi connectivity index (χ1) is 6.02. The van der Waals surface area contributed by atoms with Crippen molar-refractivity contribution in [3.05, 3.63) is 0 Å². The van der Waals surface area contributed by atoms with Crippen LogP contribution >= 0.6 is 20.0 Å². The molecule has 0 amide bonds. The summed E-state index contributed by atoms with van der Waals surface area (Å²) >= 11 is 4.45. The number of thiocarbonyl (C=S) groups is 1. The van der Waals surface area contributed by atoms with E-state index in [2.05, 4.69) is 16.7 Å². The molecule has 2 atom stereocenters. The highest BCUT2D eigenvalue weighted by molar-refractivity contribution is 7.79. The summed E-state index contributed by atoms with van der Waals surface area (Å²) in [5.41, 5.74) is 0. The van der Waals surface area contributed by atoms with E-state index in [0.29, 0.717) is 0 Å². The van der Waals surface area contributed by atoms with Crippen molar-refractivity contribution >= 4 is 25.4 Å². The maximum absolute atomic E-state index is 11.1. The second-order valence-corrected chi connectivity index (χ2v) is 4.38. The number of rotatable bonds is 7. The second-order valence-electron chi connectivity index (χ2n) is 2.64. The highest BCUT2D eigenvalue weighted by Crippen LogP contribution is 2.44. The zero-order valence-electron chi connectivity index (χ0n) is 7.80. The van der Waals surface area contributed by atoms with Crippen LogP contribution in [0.2, 0.25) is 0 Å². The molecule has 0 aliphatic rings. The van der Waals surface area contributed by atoms with Crippen LogP contribution in [0.3, 0.4) is 0 Å². The van der Waals surface area contributed by atoms with Gasteiger partial charge in [0.25, 0.3) is 0 Å². The molecule has 0 aliphatic heterocycles. The number of phosphoric acid groups is 1. The van der Waals surface area contributed by atoms with Crippen molar-refractivity contribution in [1.82, 2.24) is 0 Å². The maximum Gasteiger partial charge on any atom is 0.472 e. The fourth-order valence-electron chi connectivity index (χ4n) is 0.842. The molecule has 13 heavy (non-hydrogen) atoms. The highest BCUT2D eigenvalue weighted by atomic mass is 32.1. The van der Waals surface area contributed by atoms with Crippen molar-refractivity contribution in [2.24, 2.45) is 0 Å². The minimum atomic E-state index is -3.89. The molecule has 0 bridgehead atoms. The summed E-state index contributed by atoms with van der Waals surface area (Å²) in [5.74, 6) is 0. The Morgan fingerprint density at radius 3 is 2.77 bits per heavy atom. The van der Waals surface area contributed by atoms with Gasteiger partial charge in [-0.15, -0.1) is 0 Å². The number of hydrogen-bond donors (Lipinski definition) is 1. The fourth-order valence-corrected chi connectivity index (χ4v) is 1.89. The van der Waals surface area contributed by atoms with Crippen molar-refractivity contribution in [1.29, 1.82) is 0 Å². The Morgan fingerprint density at radius 1 is 1.69 bits per heavy atom. The first-order valence-electron chi connectivity index (χ1n) is 4.11. The Balaban J connectivity index is 3.85. The van der Waals surface area contributed by atoms with Crippen molar-refractivity contribution in [2.45, 2.75) is 32.8 Å². The lowest BCUT2D eigenvalue weighted by Gasteiger charge is -2.15. The topological polar surface area (TPSA) is 55.8 Å². The molecule has 0 saturated heterocycles. The SMILES string of the molecule is CCCC(C)OP(=O)(O)OCC=S. The molecule has 2 unspecified atom stereocenters. The summed E-state index contributed by atoms with van der Waals surface area (Å²) in [7, 11) is -3.89. The number of hydrogen-bond acceptors (Lipinski definition) is 4. The van der Waals surface area contributed by atoms with E-state index in [4.69, 9.17) is 9.42 Å². The summed E-state index contributed by atoms with van der Waals surface area (Å²) < 4.78 is 20.4. The largest absolute Gasteiger partial charge is 0.472 e. The van der Waals surface area contributed by atoms with Crippen LogP contribution in [-0.2, 0) is 13.6 Å². The van der Waals surface area contributed by atoms with Gasteiger partial charge in [-0.25, -0.2) is 4.57 Å². The van der Waals surface area contributed by atoms with E-state index in [0.717, 1.165) is 12.8 Å². The van der Waals surface area contributed by atoms with E-state index in [1.807, 2.05) is 6.92 Å². The van der Waals surface area contributed by atoms with Gasteiger partial charge in [-0.2, -0.15) is 0 Å². The van der Waals surface area contributed by atoms with Crippen LogP contribution in [0.1, 0.15) is 26.7 Å². The summed E-state index contributed by atoms with van der Waals surface area (Å²) in [4.78, 5) is 9.09. The molecular formula is C7H15O4PS. The van der Waals surface area contributed by atoms with E-state index in [-0.39, 0.29) is 12.7 Å². The molecule has 0 heterocycles. The van der Waals surface area contributed by atoms with Crippen LogP contribution in [0, 0.1) is 0 Å². The normalized spacial score (nSPS) is 17.8. The Labute approximate surface area is 83.9 Å². The Kier molecular flexibility index (Phi) is 6.73. The van der Waals surface area contributed by atoms with Crippen LogP contribution in [0.4, 0.5) is 0 Å². The zero-order chi connectivity index (χ0) is 10.3. The van der Waals surface area contributed by atoms with E-state index in [9.17, 15) is 4.57 Å². The van der Waals surface area contributed by atoms with Crippen LogP contribution < -0.4 is 0 Å². The zero-order valence-corrected chi connectivity index (χ0v) is 9.51. The molecule has 0 spiro atoms. The van der Waals surface area contributed by atoms with E-state index >= 15 is 0 Å². The fraction of sp³-hybridized carbons (Fsp3) is 0.857. The minimum absolute atomic E-state index is 0.0536. The minimum Gasteiger partial charge on any atom is -0.302 e. The van der Waals surface area contributed by atoms with Gasteiger partial charge in [-0.1, -0.05) is 25.6 Å². The van der Waals surface area contributed by atoms with Crippen LogP contribution in [0.25, 0.3) is 0 Å². The summed E-state index contributed by atoms with van der Waals surface area (Å²) in [5, 5.41) is 1.23. The molecule has 0 rings (SSSR count). The van der Waals surface area contributed by atoms with Gasteiger partial charge in [0.1, 0.15) is 0 Å². The lowest BCUT2D eigenvalue weighted by Crippen LogP contribution is -2.07. The van der Waals surface area contributed by atoms with Gasteiger partial charge < -0.3 is 4.89 Å². The van der Waals surface area contributed by atoms with E-state index < -0.39 is 7.82 Å². The Bertz CT molecular complexity index is 197. The molecule has 6 heteroatoms. The summed E-state index contributed by atoms with van der Waals surface area (Å²) in [6.45, 7) is 3.65. The Hall–Kier alpha value is 0.200. The summed E-state index contributed by atoms with van der Waals surface area (Å²) in [6.07, 6.45) is 1.35. The summed E-state index contributed by atoms with van der Waals surface area (Å²) in [6, 6.07) is 0. The monoisotopic (exact) mass is 226 g/mol. The van der Waals surface area contributed by atoms with Gasteiger partial charge in [0.2, 0.25) is 0 Å². The van der Waals surface area contributed by atoms with Crippen molar-refractivity contribution in [2.75, 3.05) is 6.61 Å². The third kappa shape index (κ3) is 7.28.